The zero-order valence-electron chi connectivity index (χ0n) is 10.5. The minimum absolute atomic E-state index is 0.417. The van der Waals surface area contributed by atoms with Crippen molar-refractivity contribution >= 4 is 27.1 Å². The number of hydrogen-bond acceptors (Lipinski definition) is 3. The molecule has 0 radical (unpaired) electrons. The highest BCUT2D eigenvalue weighted by Gasteiger charge is 2.23. The second-order valence-electron chi connectivity index (χ2n) is 4.85. The van der Waals surface area contributed by atoms with Crippen LogP contribution in [-0.4, -0.2) is 33.6 Å². The fraction of sp³-hybridized carbons (Fsp3) is 0.538. The maximum absolute atomic E-state index is 11.8. The molecule has 1 aromatic rings. The highest BCUT2D eigenvalue weighted by molar-refractivity contribution is 7.90. The van der Waals surface area contributed by atoms with Crippen molar-refractivity contribution in [1.82, 2.24) is 0 Å². The van der Waals surface area contributed by atoms with Crippen LogP contribution in [0, 0.1) is 5.92 Å². The molecule has 18 heavy (non-hydrogen) atoms. The number of hydrogen-bond donors (Lipinski definition) is 0. The lowest BCUT2D eigenvalue weighted by Gasteiger charge is -2.34. The Balaban J connectivity index is 2.33. The lowest BCUT2D eigenvalue weighted by Crippen LogP contribution is -2.36. The summed E-state index contributed by atoms with van der Waals surface area (Å²) in [4.78, 5) is 2.56. The molecule has 5 heteroatoms. The molecule has 0 aliphatic carbocycles. The van der Waals surface area contributed by atoms with Gasteiger partial charge in [0, 0.05) is 25.2 Å². The van der Waals surface area contributed by atoms with E-state index in [0.29, 0.717) is 16.7 Å². The van der Waals surface area contributed by atoms with Crippen molar-refractivity contribution in [1.29, 1.82) is 0 Å². The van der Waals surface area contributed by atoms with Gasteiger partial charge in [-0.1, -0.05) is 12.1 Å². The van der Waals surface area contributed by atoms with Gasteiger partial charge in [0.15, 0.2) is 9.84 Å². The SMILES string of the molecule is CS(=O)(=O)c1ccccc1N1CCCC(CCl)C1. The molecule has 2 rings (SSSR count). The molecular formula is C13H18ClNO2S. The van der Waals surface area contributed by atoms with E-state index in [2.05, 4.69) is 4.90 Å². The second kappa shape index (κ2) is 5.49. The van der Waals surface area contributed by atoms with Gasteiger partial charge in [0.2, 0.25) is 0 Å². The van der Waals surface area contributed by atoms with Gasteiger partial charge in [0.1, 0.15) is 0 Å². The van der Waals surface area contributed by atoms with Gasteiger partial charge >= 0.3 is 0 Å². The summed E-state index contributed by atoms with van der Waals surface area (Å²) in [7, 11) is -3.18. The Bertz CT molecular complexity index is 515. The molecule has 0 spiro atoms. The van der Waals surface area contributed by atoms with Gasteiger partial charge in [-0.3, -0.25) is 0 Å². The molecule has 3 nitrogen and oxygen atoms in total. The predicted octanol–water partition coefficient (Wildman–Crippen LogP) is 2.55. The first-order valence-corrected chi connectivity index (χ1v) is 8.55. The van der Waals surface area contributed by atoms with Crippen molar-refractivity contribution in [2.24, 2.45) is 5.92 Å². The molecule has 0 bridgehead atoms. The highest BCUT2D eigenvalue weighted by Crippen LogP contribution is 2.29. The van der Waals surface area contributed by atoms with Gasteiger partial charge < -0.3 is 4.90 Å². The zero-order valence-corrected chi connectivity index (χ0v) is 12.0. The maximum Gasteiger partial charge on any atom is 0.177 e. The van der Waals surface area contributed by atoms with Crippen LogP contribution in [0.5, 0.6) is 0 Å². The monoisotopic (exact) mass is 287 g/mol. The Morgan fingerprint density at radius 1 is 1.39 bits per heavy atom. The van der Waals surface area contributed by atoms with Crippen LogP contribution in [0.15, 0.2) is 29.2 Å². The molecule has 0 saturated carbocycles. The maximum atomic E-state index is 11.8. The minimum atomic E-state index is -3.18. The average Bonchev–Trinajstić information content (AvgIpc) is 2.38. The molecule has 1 heterocycles. The fourth-order valence-electron chi connectivity index (χ4n) is 2.44. The van der Waals surface area contributed by atoms with Crippen LogP contribution in [0.25, 0.3) is 0 Å². The van der Waals surface area contributed by atoms with E-state index < -0.39 is 9.84 Å². The highest BCUT2D eigenvalue weighted by atomic mass is 35.5. The van der Waals surface area contributed by atoms with Gasteiger partial charge in [-0.2, -0.15) is 0 Å². The van der Waals surface area contributed by atoms with Gasteiger partial charge in [-0.25, -0.2) is 8.42 Å². The summed E-state index contributed by atoms with van der Waals surface area (Å²) in [6.07, 6.45) is 3.45. The third-order valence-electron chi connectivity index (χ3n) is 3.34. The molecule has 0 amide bonds. The first-order chi connectivity index (χ1) is 8.52. The average molecular weight is 288 g/mol. The second-order valence-corrected chi connectivity index (χ2v) is 7.14. The Hall–Kier alpha value is -0.740. The van der Waals surface area contributed by atoms with Crippen molar-refractivity contribution in [3.05, 3.63) is 24.3 Å². The number of piperidine rings is 1. The lowest BCUT2D eigenvalue weighted by molar-refractivity contribution is 0.449. The van der Waals surface area contributed by atoms with E-state index >= 15 is 0 Å². The Labute approximate surface area is 114 Å². The summed E-state index contributed by atoms with van der Waals surface area (Å²) in [6, 6.07) is 7.21. The predicted molar refractivity (Wildman–Crippen MR) is 75.2 cm³/mol. The molecule has 1 aromatic carbocycles. The number of nitrogens with zero attached hydrogens (tertiary/aromatic N) is 1. The Kier molecular flexibility index (Phi) is 4.17. The van der Waals surface area contributed by atoms with Gasteiger partial charge in [-0.15, -0.1) is 11.6 Å². The van der Waals surface area contributed by atoms with Crippen LogP contribution in [0.4, 0.5) is 5.69 Å². The van der Waals surface area contributed by atoms with E-state index in [0.717, 1.165) is 31.6 Å². The van der Waals surface area contributed by atoms with Gasteiger partial charge in [0.25, 0.3) is 0 Å². The molecule has 0 N–H and O–H groups in total. The molecule has 1 aliphatic heterocycles. The number of sulfone groups is 1. The van der Waals surface area contributed by atoms with Crippen LogP contribution < -0.4 is 4.90 Å². The molecular weight excluding hydrogens is 270 g/mol. The van der Waals surface area contributed by atoms with Gasteiger partial charge in [0.05, 0.1) is 10.6 Å². The smallest absolute Gasteiger partial charge is 0.177 e. The largest absolute Gasteiger partial charge is 0.370 e. The minimum Gasteiger partial charge on any atom is -0.370 e. The molecule has 1 atom stereocenters. The number of halogens is 1. The van der Waals surface area contributed by atoms with Crippen LogP contribution in [0.3, 0.4) is 0 Å². The molecule has 1 unspecified atom stereocenters. The van der Waals surface area contributed by atoms with Crippen molar-refractivity contribution in [3.63, 3.8) is 0 Å². The molecule has 100 valence electrons. The normalized spacial score (nSPS) is 21.0. The number of alkyl halides is 1. The van der Waals surface area contributed by atoms with Crippen LogP contribution in [-0.2, 0) is 9.84 Å². The third-order valence-corrected chi connectivity index (χ3v) is 4.92. The quantitative estimate of drug-likeness (QED) is 0.802. The molecule has 0 aromatic heterocycles. The topological polar surface area (TPSA) is 37.4 Å². The molecule has 1 saturated heterocycles. The first-order valence-electron chi connectivity index (χ1n) is 6.12. The third kappa shape index (κ3) is 2.98. The first kappa shape index (κ1) is 13.7. The van der Waals surface area contributed by atoms with Gasteiger partial charge in [-0.05, 0) is 30.9 Å². The zero-order chi connectivity index (χ0) is 13.2. The molecule has 1 aliphatic rings. The van der Waals surface area contributed by atoms with E-state index in [1.165, 1.54) is 6.26 Å². The lowest BCUT2D eigenvalue weighted by atomic mass is 9.99. The van der Waals surface area contributed by atoms with E-state index in [-0.39, 0.29) is 0 Å². The number of anilines is 1. The summed E-state index contributed by atoms with van der Waals surface area (Å²) in [6.45, 7) is 1.75. The Morgan fingerprint density at radius 3 is 2.78 bits per heavy atom. The van der Waals surface area contributed by atoms with Crippen LogP contribution >= 0.6 is 11.6 Å². The summed E-state index contributed by atoms with van der Waals surface area (Å²) in [5.74, 6) is 1.09. The standard InChI is InChI=1S/C13H18ClNO2S/c1-18(16,17)13-7-3-2-6-12(13)15-8-4-5-11(9-14)10-15/h2-3,6-7,11H,4-5,8-10H2,1H3. The number of para-hydroxylation sites is 1. The summed E-state index contributed by atoms with van der Waals surface area (Å²) >= 11 is 5.92. The van der Waals surface area contributed by atoms with Crippen molar-refractivity contribution in [2.45, 2.75) is 17.7 Å². The van der Waals surface area contributed by atoms with E-state index in [1.54, 1.807) is 12.1 Å². The molecule has 1 fully saturated rings. The van der Waals surface area contributed by atoms with Crippen LogP contribution in [0.1, 0.15) is 12.8 Å². The van der Waals surface area contributed by atoms with Crippen LogP contribution in [0.2, 0.25) is 0 Å². The number of rotatable bonds is 3. The Morgan fingerprint density at radius 2 is 2.11 bits per heavy atom. The summed E-state index contributed by atoms with van der Waals surface area (Å²) in [5.41, 5.74) is 0.815. The summed E-state index contributed by atoms with van der Waals surface area (Å²) in [5, 5.41) is 0. The van der Waals surface area contributed by atoms with E-state index in [1.807, 2.05) is 12.1 Å². The van der Waals surface area contributed by atoms with Crippen molar-refractivity contribution < 1.29 is 8.42 Å². The van der Waals surface area contributed by atoms with E-state index in [4.69, 9.17) is 11.6 Å². The van der Waals surface area contributed by atoms with Crippen molar-refractivity contribution in [2.75, 3.05) is 30.1 Å². The summed E-state index contributed by atoms with van der Waals surface area (Å²) < 4.78 is 23.6. The fourth-order valence-corrected chi connectivity index (χ4v) is 3.60. The number of benzene rings is 1. The van der Waals surface area contributed by atoms with Crippen molar-refractivity contribution in [3.8, 4) is 0 Å². The van der Waals surface area contributed by atoms with E-state index in [9.17, 15) is 8.42 Å².